The highest BCUT2D eigenvalue weighted by atomic mass is 127. The summed E-state index contributed by atoms with van der Waals surface area (Å²) in [6.07, 6.45) is 1.79. The first kappa shape index (κ1) is 30.3. The Morgan fingerprint density at radius 1 is 1.05 bits per heavy atom. The van der Waals surface area contributed by atoms with Gasteiger partial charge < -0.3 is 23.7 Å². The van der Waals surface area contributed by atoms with Gasteiger partial charge in [-0.25, -0.2) is 14.6 Å². The minimum Gasteiger partial charge on any atom is -0.496 e. The van der Waals surface area contributed by atoms with Crippen molar-refractivity contribution >= 4 is 51.9 Å². The van der Waals surface area contributed by atoms with E-state index in [1.807, 2.05) is 25.1 Å². The van der Waals surface area contributed by atoms with Gasteiger partial charge in [0.15, 0.2) is 22.9 Å². The van der Waals surface area contributed by atoms with Crippen LogP contribution in [0.1, 0.15) is 37.9 Å². The molecule has 41 heavy (non-hydrogen) atoms. The molecular formula is C29H29IN2O8S. The maximum absolute atomic E-state index is 13.9. The van der Waals surface area contributed by atoms with E-state index in [1.54, 1.807) is 45.2 Å². The van der Waals surface area contributed by atoms with E-state index in [2.05, 4.69) is 32.3 Å². The molecule has 1 aliphatic rings. The van der Waals surface area contributed by atoms with Gasteiger partial charge in [-0.2, -0.15) is 0 Å². The summed E-state index contributed by atoms with van der Waals surface area (Å²) in [5.41, 5.74) is 1.80. The van der Waals surface area contributed by atoms with Crippen LogP contribution in [0.3, 0.4) is 0 Å². The van der Waals surface area contributed by atoms with Gasteiger partial charge in [-0.05, 0) is 84.8 Å². The van der Waals surface area contributed by atoms with Crippen LogP contribution in [0.4, 0.5) is 0 Å². The van der Waals surface area contributed by atoms with Gasteiger partial charge in [-0.15, -0.1) is 0 Å². The summed E-state index contributed by atoms with van der Waals surface area (Å²) in [5, 5.41) is 0. The second kappa shape index (κ2) is 13.3. The van der Waals surface area contributed by atoms with Crippen molar-refractivity contribution in [2.24, 2.45) is 4.99 Å². The molecule has 0 spiro atoms. The van der Waals surface area contributed by atoms with Crippen molar-refractivity contribution in [1.82, 2.24) is 4.57 Å². The molecule has 0 aliphatic carbocycles. The maximum Gasteiger partial charge on any atom is 0.343 e. The number of halogens is 1. The number of hydrogen-bond donors (Lipinski definition) is 0. The normalized spacial score (nSPS) is 14.7. The fourth-order valence-corrected chi connectivity index (χ4v) is 6.11. The molecular weight excluding hydrogens is 663 g/mol. The Labute approximate surface area is 254 Å². The molecule has 2 heterocycles. The lowest BCUT2D eigenvalue weighted by Gasteiger charge is -2.25. The number of carbonyl (C=O) groups is 2. The first-order valence-corrected chi connectivity index (χ1v) is 14.6. The van der Waals surface area contributed by atoms with Crippen LogP contribution < -0.4 is 29.1 Å². The Morgan fingerprint density at radius 2 is 1.80 bits per heavy atom. The zero-order chi connectivity index (χ0) is 29.7. The number of ether oxygens (including phenoxy) is 5. The number of nitrogens with zero attached hydrogens (tertiary/aromatic N) is 2. The molecule has 10 nitrogen and oxygen atoms in total. The predicted octanol–water partition coefficient (Wildman–Crippen LogP) is 3.36. The number of fused-ring (bicyclic) bond motifs is 1. The van der Waals surface area contributed by atoms with Gasteiger partial charge in [0, 0.05) is 0 Å². The molecule has 0 amide bonds. The topological polar surface area (TPSA) is 115 Å². The van der Waals surface area contributed by atoms with Crippen molar-refractivity contribution in [3.63, 3.8) is 0 Å². The fourth-order valence-electron chi connectivity index (χ4n) is 4.31. The Balaban J connectivity index is 1.89. The molecule has 0 radical (unpaired) electrons. The molecule has 0 saturated heterocycles. The third-order valence-corrected chi connectivity index (χ3v) is 7.97. The smallest absolute Gasteiger partial charge is 0.343 e. The van der Waals surface area contributed by atoms with E-state index in [-0.39, 0.29) is 24.3 Å². The van der Waals surface area contributed by atoms with E-state index >= 15 is 0 Å². The van der Waals surface area contributed by atoms with Crippen LogP contribution in [-0.4, -0.2) is 50.5 Å². The number of methoxy groups -OCH3 is 2. The van der Waals surface area contributed by atoms with E-state index < -0.39 is 18.0 Å². The monoisotopic (exact) mass is 692 g/mol. The Hall–Kier alpha value is -3.65. The number of allylic oxidation sites excluding steroid dienone is 1. The summed E-state index contributed by atoms with van der Waals surface area (Å²) in [6.45, 7) is 5.43. The highest BCUT2D eigenvalue weighted by Crippen LogP contribution is 2.36. The van der Waals surface area contributed by atoms with E-state index in [0.717, 1.165) is 14.9 Å². The van der Waals surface area contributed by atoms with E-state index in [4.69, 9.17) is 18.9 Å². The Morgan fingerprint density at radius 3 is 2.46 bits per heavy atom. The average molecular weight is 693 g/mol. The summed E-state index contributed by atoms with van der Waals surface area (Å²) >= 11 is 3.41. The van der Waals surface area contributed by atoms with Crippen molar-refractivity contribution in [1.29, 1.82) is 0 Å². The van der Waals surface area contributed by atoms with Crippen molar-refractivity contribution < 1.29 is 33.3 Å². The van der Waals surface area contributed by atoms with Gasteiger partial charge in [0.25, 0.3) is 5.56 Å². The third kappa shape index (κ3) is 6.48. The molecule has 4 rings (SSSR count). The number of carbonyl (C=O) groups excluding carboxylic acids is 2. The van der Waals surface area contributed by atoms with Crippen molar-refractivity contribution in [2.75, 3.05) is 34.0 Å². The average Bonchev–Trinajstić information content (AvgIpc) is 3.25. The number of rotatable bonds is 10. The third-order valence-electron chi connectivity index (χ3n) is 6.15. The van der Waals surface area contributed by atoms with Crippen molar-refractivity contribution in [3.05, 3.63) is 82.1 Å². The van der Waals surface area contributed by atoms with Gasteiger partial charge in [0.2, 0.25) is 0 Å². The summed E-state index contributed by atoms with van der Waals surface area (Å²) in [4.78, 5) is 43.8. The number of aromatic nitrogens is 1. The first-order valence-electron chi connectivity index (χ1n) is 12.7. The van der Waals surface area contributed by atoms with Crippen LogP contribution in [0.2, 0.25) is 0 Å². The van der Waals surface area contributed by atoms with Crippen LogP contribution in [0.15, 0.2) is 57.5 Å². The fraction of sp³-hybridized carbons (Fsp3) is 0.310. The molecule has 0 fully saturated rings. The van der Waals surface area contributed by atoms with Gasteiger partial charge in [0.05, 0.1) is 52.8 Å². The molecule has 1 aliphatic heterocycles. The minimum absolute atomic E-state index is 0.160. The zero-order valence-corrected chi connectivity index (χ0v) is 26.2. The molecule has 0 unspecified atom stereocenters. The van der Waals surface area contributed by atoms with Crippen LogP contribution in [-0.2, 0) is 19.1 Å². The van der Waals surface area contributed by atoms with E-state index in [9.17, 15) is 14.4 Å². The lowest BCUT2D eigenvalue weighted by molar-refractivity contribution is -0.143. The molecule has 2 aromatic carbocycles. The van der Waals surface area contributed by atoms with Gasteiger partial charge in [-0.3, -0.25) is 9.36 Å². The summed E-state index contributed by atoms with van der Waals surface area (Å²) < 4.78 is 29.7. The van der Waals surface area contributed by atoms with Crippen LogP contribution >= 0.6 is 33.9 Å². The van der Waals surface area contributed by atoms with Gasteiger partial charge in [0.1, 0.15) is 5.75 Å². The van der Waals surface area contributed by atoms with Gasteiger partial charge >= 0.3 is 11.9 Å². The number of thiazole rings is 1. The molecule has 1 aromatic heterocycles. The highest BCUT2D eigenvalue weighted by Gasteiger charge is 2.34. The van der Waals surface area contributed by atoms with E-state index in [0.29, 0.717) is 38.7 Å². The van der Waals surface area contributed by atoms with E-state index in [1.165, 1.54) is 23.0 Å². The molecule has 1 atom stereocenters. The Kier molecular flexibility index (Phi) is 9.86. The standard InChI is InChI=1S/C29H29IN2O8S/c1-6-38-22-14-18(9-11-21(22)40-15-24(33)37-5)26-25(28(35)39-7-2)16(3)31-29-32(26)27(34)23(41-29)13-17-8-10-20(36-4)19(30)12-17/h8-14,26H,6-7,15H2,1-5H3/b23-13-/t26-/m0/s1. The molecule has 0 N–H and O–H groups in total. The summed E-state index contributed by atoms with van der Waals surface area (Å²) in [6, 6.07) is 9.85. The van der Waals surface area contributed by atoms with Gasteiger partial charge in [-0.1, -0.05) is 23.5 Å². The van der Waals surface area contributed by atoms with Crippen molar-refractivity contribution in [2.45, 2.75) is 26.8 Å². The van der Waals surface area contributed by atoms with Crippen LogP contribution in [0, 0.1) is 3.57 Å². The highest BCUT2D eigenvalue weighted by molar-refractivity contribution is 14.1. The second-order valence-corrected chi connectivity index (χ2v) is 10.9. The lowest BCUT2D eigenvalue weighted by atomic mass is 9.95. The molecule has 3 aromatic rings. The predicted molar refractivity (Wildman–Crippen MR) is 161 cm³/mol. The minimum atomic E-state index is -0.836. The molecule has 216 valence electrons. The lowest BCUT2D eigenvalue weighted by Crippen LogP contribution is -2.40. The first-order chi connectivity index (χ1) is 19.7. The summed E-state index contributed by atoms with van der Waals surface area (Å²) in [7, 11) is 2.88. The number of hydrogen-bond acceptors (Lipinski definition) is 10. The summed E-state index contributed by atoms with van der Waals surface area (Å²) in [5.74, 6) is 0.297. The second-order valence-electron chi connectivity index (χ2n) is 8.70. The molecule has 0 saturated carbocycles. The van der Waals surface area contributed by atoms with Crippen molar-refractivity contribution in [3.8, 4) is 17.2 Å². The number of esters is 2. The molecule has 0 bridgehead atoms. The SMILES string of the molecule is CCOC(=O)C1=C(C)N=c2s/c(=C\c3ccc(OC)c(I)c3)c(=O)n2[C@H]1c1ccc(OCC(=O)OC)c(OCC)c1. The van der Waals surface area contributed by atoms with Crippen LogP contribution in [0.5, 0.6) is 17.2 Å². The zero-order valence-electron chi connectivity index (χ0n) is 23.2. The largest absolute Gasteiger partial charge is 0.496 e. The maximum atomic E-state index is 13.9. The quantitative estimate of drug-likeness (QED) is 0.235. The number of benzene rings is 2. The Bertz CT molecular complexity index is 1690. The molecule has 12 heteroatoms. The van der Waals surface area contributed by atoms with Crippen LogP contribution in [0.25, 0.3) is 6.08 Å².